The highest BCUT2D eigenvalue weighted by molar-refractivity contribution is 6.33. The van der Waals surface area contributed by atoms with Gasteiger partial charge in [0.1, 0.15) is 5.82 Å². The van der Waals surface area contributed by atoms with Gasteiger partial charge in [0.15, 0.2) is 0 Å². The highest BCUT2D eigenvalue weighted by Crippen LogP contribution is 2.33. The van der Waals surface area contributed by atoms with E-state index in [1.807, 2.05) is 24.3 Å². The standard InChI is InChI=1S/C16H17ClFN/c1-3-19-11(2)13-6-4-5-7-14(13)15-10-12(18)8-9-16(15)17/h4-11,19H,3H2,1-2H3. The second kappa shape index (κ2) is 6.18. The number of hydrogen-bond donors (Lipinski definition) is 1. The molecule has 3 heteroatoms. The highest BCUT2D eigenvalue weighted by atomic mass is 35.5. The van der Waals surface area contributed by atoms with Gasteiger partial charge in [0.2, 0.25) is 0 Å². The van der Waals surface area contributed by atoms with E-state index in [4.69, 9.17) is 11.6 Å². The molecule has 0 aliphatic carbocycles. The van der Waals surface area contributed by atoms with Gasteiger partial charge in [-0.1, -0.05) is 42.8 Å². The summed E-state index contributed by atoms with van der Waals surface area (Å²) in [6, 6.07) is 12.6. The molecular weight excluding hydrogens is 261 g/mol. The number of hydrogen-bond acceptors (Lipinski definition) is 1. The molecule has 0 radical (unpaired) electrons. The Labute approximate surface area is 118 Å². The molecule has 2 aromatic rings. The maximum atomic E-state index is 13.4. The van der Waals surface area contributed by atoms with Crippen LogP contribution in [0.1, 0.15) is 25.5 Å². The molecular formula is C16H17ClFN. The van der Waals surface area contributed by atoms with Crippen molar-refractivity contribution >= 4 is 11.6 Å². The van der Waals surface area contributed by atoms with Crippen LogP contribution in [-0.2, 0) is 0 Å². The van der Waals surface area contributed by atoms with Crippen LogP contribution >= 0.6 is 11.6 Å². The number of nitrogens with one attached hydrogen (secondary N) is 1. The molecule has 0 spiro atoms. The number of benzene rings is 2. The van der Waals surface area contributed by atoms with Crippen LogP contribution in [0.2, 0.25) is 5.02 Å². The van der Waals surface area contributed by atoms with Gasteiger partial charge in [-0.3, -0.25) is 0 Å². The Balaban J connectivity index is 2.53. The van der Waals surface area contributed by atoms with Gasteiger partial charge in [0.25, 0.3) is 0 Å². The fraction of sp³-hybridized carbons (Fsp3) is 0.250. The lowest BCUT2D eigenvalue weighted by Gasteiger charge is -2.18. The van der Waals surface area contributed by atoms with Crippen LogP contribution in [0.4, 0.5) is 4.39 Å². The first-order valence-corrected chi connectivity index (χ1v) is 6.79. The van der Waals surface area contributed by atoms with Gasteiger partial charge < -0.3 is 5.32 Å². The zero-order chi connectivity index (χ0) is 13.8. The molecule has 0 aliphatic heterocycles. The molecule has 0 aromatic heterocycles. The average molecular weight is 278 g/mol. The van der Waals surface area contributed by atoms with E-state index < -0.39 is 0 Å². The Kier molecular flexibility index (Phi) is 4.56. The first-order valence-electron chi connectivity index (χ1n) is 6.41. The van der Waals surface area contributed by atoms with Crippen LogP contribution in [0.15, 0.2) is 42.5 Å². The van der Waals surface area contributed by atoms with Crippen LogP contribution in [0.25, 0.3) is 11.1 Å². The van der Waals surface area contributed by atoms with Crippen molar-refractivity contribution in [3.8, 4) is 11.1 Å². The van der Waals surface area contributed by atoms with Gasteiger partial charge in [0, 0.05) is 16.6 Å². The van der Waals surface area contributed by atoms with Crippen LogP contribution in [0.3, 0.4) is 0 Å². The van der Waals surface area contributed by atoms with Gasteiger partial charge in [-0.2, -0.15) is 0 Å². The molecule has 0 aliphatic rings. The summed E-state index contributed by atoms with van der Waals surface area (Å²) in [6.45, 7) is 5.04. The molecule has 19 heavy (non-hydrogen) atoms. The van der Waals surface area contributed by atoms with E-state index in [0.29, 0.717) is 5.02 Å². The Hall–Kier alpha value is -1.38. The number of rotatable bonds is 4. The zero-order valence-corrected chi connectivity index (χ0v) is 11.8. The van der Waals surface area contributed by atoms with Crippen molar-refractivity contribution in [1.29, 1.82) is 0 Å². The smallest absolute Gasteiger partial charge is 0.123 e. The van der Waals surface area contributed by atoms with Gasteiger partial charge in [-0.05, 0) is 42.8 Å². The third kappa shape index (κ3) is 3.14. The highest BCUT2D eigenvalue weighted by Gasteiger charge is 2.13. The van der Waals surface area contributed by atoms with Crippen LogP contribution < -0.4 is 5.32 Å². The molecule has 0 saturated heterocycles. The molecule has 0 heterocycles. The van der Waals surface area contributed by atoms with E-state index in [2.05, 4.69) is 19.2 Å². The zero-order valence-electron chi connectivity index (χ0n) is 11.1. The largest absolute Gasteiger partial charge is 0.310 e. The second-order valence-electron chi connectivity index (χ2n) is 4.49. The van der Waals surface area contributed by atoms with Gasteiger partial charge in [-0.15, -0.1) is 0 Å². The van der Waals surface area contributed by atoms with E-state index in [-0.39, 0.29) is 11.9 Å². The molecule has 0 saturated carbocycles. The minimum Gasteiger partial charge on any atom is -0.310 e. The quantitative estimate of drug-likeness (QED) is 0.845. The SMILES string of the molecule is CCNC(C)c1ccccc1-c1cc(F)ccc1Cl. The Morgan fingerprint density at radius 2 is 1.89 bits per heavy atom. The fourth-order valence-corrected chi connectivity index (χ4v) is 2.46. The molecule has 0 fully saturated rings. The summed E-state index contributed by atoms with van der Waals surface area (Å²) >= 11 is 6.20. The third-order valence-corrected chi connectivity index (χ3v) is 3.49. The maximum Gasteiger partial charge on any atom is 0.123 e. The first-order chi connectivity index (χ1) is 9.13. The van der Waals surface area contributed by atoms with Crippen LogP contribution in [0, 0.1) is 5.82 Å². The van der Waals surface area contributed by atoms with Gasteiger partial charge in [-0.25, -0.2) is 4.39 Å². The second-order valence-corrected chi connectivity index (χ2v) is 4.90. The summed E-state index contributed by atoms with van der Waals surface area (Å²) < 4.78 is 13.4. The van der Waals surface area contributed by atoms with Crippen molar-refractivity contribution in [1.82, 2.24) is 5.32 Å². The van der Waals surface area contributed by atoms with E-state index in [1.54, 1.807) is 6.07 Å². The van der Waals surface area contributed by atoms with Crippen molar-refractivity contribution in [3.63, 3.8) is 0 Å². The lowest BCUT2D eigenvalue weighted by Crippen LogP contribution is -2.18. The first kappa shape index (κ1) is 14.0. The monoisotopic (exact) mass is 277 g/mol. The Morgan fingerprint density at radius 1 is 1.16 bits per heavy atom. The average Bonchev–Trinajstić information content (AvgIpc) is 2.42. The summed E-state index contributed by atoms with van der Waals surface area (Å²) in [4.78, 5) is 0. The number of halogens is 2. The molecule has 0 bridgehead atoms. The summed E-state index contributed by atoms with van der Waals surface area (Å²) in [7, 11) is 0. The van der Waals surface area contributed by atoms with Crippen molar-refractivity contribution in [2.45, 2.75) is 19.9 Å². The maximum absolute atomic E-state index is 13.4. The fourth-order valence-electron chi connectivity index (χ4n) is 2.24. The van der Waals surface area contributed by atoms with E-state index in [9.17, 15) is 4.39 Å². The summed E-state index contributed by atoms with van der Waals surface area (Å²) in [5, 5.41) is 3.94. The lowest BCUT2D eigenvalue weighted by molar-refractivity contribution is 0.599. The molecule has 1 nitrogen and oxygen atoms in total. The van der Waals surface area contributed by atoms with Crippen molar-refractivity contribution < 1.29 is 4.39 Å². The molecule has 2 rings (SSSR count). The predicted molar refractivity (Wildman–Crippen MR) is 78.9 cm³/mol. The van der Waals surface area contributed by atoms with Crippen LogP contribution in [-0.4, -0.2) is 6.54 Å². The molecule has 1 N–H and O–H groups in total. The summed E-state index contributed by atoms with van der Waals surface area (Å²) in [5.74, 6) is -0.273. The topological polar surface area (TPSA) is 12.0 Å². The predicted octanol–water partition coefficient (Wildman–Crippen LogP) is 4.82. The minimum atomic E-state index is -0.273. The van der Waals surface area contributed by atoms with E-state index >= 15 is 0 Å². The van der Waals surface area contributed by atoms with Gasteiger partial charge in [0.05, 0.1) is 0 Å². The van der Waals surface area contributed by atoms with Crippen molar-refractivity contribution in [2.24, 2.45) is 0 Å². The molecule has 2 aromatic carbocycles. The van der Waals surface area contributed by atoms with E-state index in [0.717, 1.165) is 23.2 Å². The Morgan fingerprint density at radius 3 is 2.63 bits per heavy atom. The van der Waals surface area contributed by atoms with Gasteiger partial charge >= 0.3 is 0 Å². The summed E-state index contributed by atoms with van der Waals surface area (Å²) in [5.41, 5.74) is 2.83. The minimum absolute atomic E-state index is 0.195. The molecule has 1 unspecified atom stereocenters. The lowest BCUT2D eigenvalue weighted by atomic mass is 9.95. The normalized spacial score (nSPS) is 12.4. The molecule has 100 valence electrons. The summed E-state index contributed by atoms with van der Waals surface area (Å²) in [6.07, 6.45) is 0. The molecule has 0 amide bonds. The van der Waals surface area contributed by atoms with Crippen molar-refractivity contribution in [2.75, 3.05) is 6.54 Å². The van der Waals surface area contributed by atoms with Crippen molar-refractivity contribution in [3.05, 3.63) is 58.9 Å². The Bertz CT molecular complexity index is 568. The third-order valence-electron chi connectivity index (χ3n) is 3.16. The van der Waals surface area contributed by atoms with E-state index in [1.165, 1.54) is 12.1 Å². The van der Waals surface area contributed by atoms with Crippen LogP contribution in [0.5, 0.6) is 0 Å². The molecule has 1 atom stereocenters.